The van der Waals surface area contributed by atoms with Crippen LogP contribution in [-0.4, -0.2) is 61.7 Å². The molecule has 0 spiro atoms. The summed E-state index contributed by atoms with van der Waals surface area (Å²) >= 11 is 12.2. The molecule has 0 atom stereocenters. The van der Waals surface area contributed by atoms with Crippen molar-refractivity contribution in [3.8, 4) is 11.5 Å². The second kappa shape index (κ2) is 9.07. The third-order valence-electron chi connectivity index (χ3n) is 4.89. The number of carbonyl (C=O) groups is 1. The quantitative estimate of drug-likeness (QED) is 0.792. The van der Waals surface area contributed by atoms with Gasteiger partial charge in [-0.25, -0.2) is 4.98 Å². The van der Waals surface area contributed by atoms with Crippen LogP contribution in [0.4, 0.5) is 11.5 Å². The maximum atomic E-state index is 12.5. The van der Waals surface area contributed by atoms with E-state index in [4.69, 9.17) is 32.7 Å². The van der Waals surface area contributed by atoms with E-state index in [1.165, 1.54) is 0 Å². The Balaban J connectivity index is 1.31. The number of pyridine rings is 1. The van der Waals surface area contributed by atoms with Crippen molar-refractivity contribution in [3.05, 3.63) is 40.5 Å². The molecule has 0 saturated carbocycles. The predicted molar refractivity (Wildman–Crippen MR) is 114 cm³/mol. The Bertz CT molecular complexity index is 871. The lowest BCUT2D eigenvalue weighted by molar-refractivity contribution is -0.117. The van der Waals surface area contributed by atoms with Gasteiger partial charge in [0, 0.05) is 50.9 Å². The van der Waals surface area contributed by atoms with Crippen molar-refractivity contribution < 1.29 is 14.3 Å². The summed E-state index contributed by atoms with van der Waals surface area (Å²) in [6, 6.07) is 7.17. The first-order valence-electron chi connectivity index (χ1n) is 9.56. The van der Waals surface area contributed by atoms with E-state index in [9.17, 15) is 4.79 Å². The molecule has 0 aliphatic carbocycles. The Hall–Kier alpha value is -2.22. The third kappa shape index (κ3) is 5.04. The molecule has 1 N–H and O–H groups in total. The first-order chi connectivity index (χ1) is 14.1. The molecule has 7 nitrogen and oxygen atoms in total. The highest BCUT2D eigenvalue weighted by atomic mass is 35.5. The average Bonchev–Trinajstić information content (AvgIpc) is 2.94. The van der Waals surface area contributed by atoms with Gasteiger partial charge in [-0.3, -0.25) is 9.69 Å². The van der Waals surface area contributed by atoms with E-state index in [0.717, 1.165) is 38.4 Å². The number of nitrogens with one attached hydrogen (secondary N) is 1. The van der Waals surface area contributed by atoms with Crippen LogP contribution in [0, 0.1) is 0 Å². The molecule has 0 unspecified atom stereocenters. The fourth-order valence-corrected chi connectivity index (χ4v) is 3.68. The molecule has 0 radical (unpaired) electrons. The molecule has 0 bridgehead atoms. The molecular weight excluding hydrogens is 415 g/mol. The van der Waals surface area contributed by atoms with Crippen LogP contribution in [-0.2, 0) is 4.79 Å². The van der Waals surface area contributed by atoms with Crippen LogP contribution in [0.15, 0.2) is 30.5 Å². The van der Waals surface area contributed by atoms with Gasteiger partial charge in [-0.05, 0) is 12.1 Å². The summed E-state index contributed by atoms with van der Waals surface area (Å²) in [5.74, 6) is 2.00. The molecule has 9 heteroatoms. The molecule has 1 aromatic heterocycles. The van der Waals surface area contributed by atoms with Crippen molar-refractivity contribution >= 4 is 40.6 Å². The van der Waals surface area contributed by atoms with Gasteiger partial charge in [0.15, 0.2) is 11.5 Å². The molecule has 2 aliphatic rings. The van der Waals surface area contributed by atoms with E-state index >= 15 is 0 Å². The number of carbonyl (C=O) groups excluding carboxylic acids is 1. The maximum Gasteiger partial charge on any atom is 0.238 e. The van der Waals surface area contributed by atoms with E-state index in [-0.39, 0.29) is 5.91 Å². The standard InChI is InChI=1S/C20H22Cl2N4O3/c21-14-2-3-19(23-12-14)26-6-4-25(5-7-26)13-20(27)24-16-11-18-17(10-15(16)22)28-8-1-9-29-18/h2-3,10-12H,1,4-9,13H2,(H,24,27). The SMILES string of the molecule is O=C(CN1CCN(c2ccc(Cl)cn2)CC1)Nc1cc2c(cc1Cl)OCCCO2. The van der Waals surface area contributed by atoms with E-state index < -0.39 is 0 Å². The summed E-state index contributed by atoms with van der Waals surface area (Å²) in [6.45, 7) is 4.60. The summed E-state index contributed by atoms with van der Waals surface area (Å²) in [4.78, 5) is 21.2. The molecule has 1 fully saturated rings. The molecule has 1 saturated heterocycles. The van der Waals surface area contributed by atoms with Gasteiger partial charge in [0.25, 0.3) is 0 Å². The second-order valence-electron chi connectivity index (χ2n) is 6.98. The Kier molecular flexibility index (Phi) is 6.28. The fraction of sp³-hybridized carbons (Fsp3) is 0.400. The zero-order chi connectivity index (χ0) is 20.2. The van der Waals surface area contributed by atoms with Crippen molar-refractivity contribution in [2.75, 3.05) is 56.2 Å². The first-order valence-corrected chi connectivity index (χ1v) is 10.3. The highest BCUT2D eigenvalue weighted by Gasteiger charge is 2.21. The number of aromatic nitrogens is 1. The van der Waals surface area contributed by atoms with Crippen LogP contribution in [0.1, 0.15) is 6.42 Å². The Morgan fingerprint density at radius 2 is 1.79 bits per heavy atom. The number of anilines is 2. The normalized spacial score (nSPS) is 17.0. The molecule has 154 valence electrons. The van der Waals surface area contributed by atoms with Crippen molar-refractivity contribution in [2.45, 2.75) is 6.42 Å². The number of benzene rings is 1. The van der Waals surface area contributed by atoms with Crippen LogP contribution >= 0.6 is 23.2 Å². The second-order valence-corrected chi connectivity index (χ2v) is 7.82. The fourth-order valence-electron chi connectivity index (χ4n) is 3.36. The van der Waals surface area contributed by atoms with E-state index in [1.807, 2.05) is 12.1 Å². The molecule has 29 heavy (non-hydrogen) atoms. The zero-order valence-corrected chi connectivity index (χ0v) is 17.4. The molecule has 4 rings (SSSR count). The number of hydrogen-bond donors (Lipinski definition) is 1. The van der Waals surface area contributed by atoms with Crippen molar-refractivity contribution in [3.63, 3.8) is 0 Å². The summed E-state index contributed by atoms with van der Waals surface area (Å²) in [6.07, 6.45) is 2.46. The predicted octanol–water partition coefficient (Wildman–Crippen LogP) is 3.31. The lowest BCUT2D eigenvalue weighted by Crippen LogP contribution is -2.48. The lowest BCUT2D eigenvalue weighted by Gasteiger charge is -2.35. The summed E-state index contributed by atoms with van der Waals surface area (Å²) in [5, 5.41) is 3.94. The zero-order valence-electron chi connectivity index (χ0n) is 15.9. The van der Waals surface area contributed by atoms with Gasteiger partial charge in [-0.1, -0.05) is 23.2 Å². The Morgan fingerprint density at radius 3 is 2.48 bits per heavy atom. The first kappa shape index (κ1) is 20.1. The maximum absolute atomic E-state index is 12.5. The average molecular weight is 437 g/mol. The van der Waals surface area contributed by atoms with Gasteiger partial charge in [0.05, 0.1) is 35.5 Å². The molecular formula is C20H22Cl2N4O3. The minimum Gasteiger partial charge on any atom is -0.490 e. The van der Waals surface area contributed by atoms with Gasteiger partial charge in [-0.2, -0.15) is 0 Å². The number of ether oxygens (including phenoxy) is 2. The smallest absolute Gasteiger partial charge is 0.238 e. The van der Waals surface area contributed by atoms with Crippen LogP contribution in [0.2, 0.25) is 10.0 Å². The highest BCUT2D eigenvalue weighted by Crippen LogP contribution is 2.37. The topological polar surface area (TPSA) is 66.9 Å². The number of rotatable bonds is 4. The number of piperazine rings is 1. The summed E-state index contributed by atoms with van der Waals surface area (Å²) < 4.78 is 11.3. The van der Waals surface area contributed by atoms with Crippen LogP contribution < -0.4 is 19.7 Å². The van der Waals surface area contributed by atoms with Gasteiger partial charge < -0.3 is 19.7 Å². The van der Waals surface area contributed by atoms with Crippen molar-refractivity contribution in [1.29, 1.82) is 0 Å². The van der Waals surface area contributed by atoms with Gasteiger partial charge in [0.2, 0.25) is 5.91 Å². The molecule has 1 amide bonds. The van der Waals surface area contributed by atoms with E-state index in [2.05, 4.69) is 20.1 Å². The molecule has 3 heterocycles. The van der Waals surface area contributed by atoms with Gasteiger partial charge >= 0.3 is 0 Å². The minimum atomic E-state index is -0.112. The number of amides is 1. The van der Waals surface area contributed by atoms with Crippen LogP contribution in [0.5, 0.6) is 11.5 Å². The van der Waals surface area contributed by atoms with Crippen molar-refractivity contribution in [2.24, 2.45) is 0 Å². The molecule has 2 aromatic rings. The molecule has 2 aliphatic heterocycles. The summed E-state index contributed by atoms with van der Waals surface area (Å²) in [5.41, 5.74) is 0.532. The number of halogens is 2. The largest absolute Gasteiger partial charge is 0.490 e. The Labute approximate surface area is 179 Å². The number of nitrogens with zero attached hydrogens (tertiary/aromatic N) is 3. The van der Waals surface area contributed by atoms with Crippen LogP contribution in [0.25, 0.3) is 0 Å². The monoisotopic (exact) mass is 436 g/mol. The van der Waals surface area contributed by atoms with Crippen molar-refractivity contribution in [1.82, 2.24) is 9.88 Å². The Morgan fingerprint density at radius 1 is 1.07 bits per heavy atom. The third-order valence-corrected chi connectivity index (χ3v) is 5.42. The van der Waals surface area contributed by atoms with Gasteiger partial charge in [-0.15, -0.1) is 0 Å². The number of fused-ring (bicyclic) bond motifs is 1. The van der Waals surface area contributed by atoms with Crippen LogP contribution in [0.3, 0.4) is 0 Å². The highest BCUT2D eigenvalue weighted by molar-refractivity contribution is 6.34. The summed E-state index contributed by atoms with van der Waals surface area (Å²) in [7, 11) is 0. The van der Waals surface area contributed by atoms with Gasteiger partial charge in [0.1, 0.15) is 5.82 Å². The lowest BCUT2D eigenvalue weighted by atomic mass is 10.2. The van der Waals surface area contributed by atoms with E-state index in [1.54, 1.807) is 18.3 Å². The van der Waals surface area contributed by atoms with E-state index in [0.29, 0.717) is 47.0 Å². The molecule has 1 aromatic carbocycles. The minimum absolute atomic E-state index is 0.112. The number of hydrogen-bond acceptors (Lipinski definition) is 6.